The average Bonchev–Trinajstić information content (AvgIpc) is 2.26. The average molecular weight is 297 g/mol. The van der Waals surface area contributed by atoms with Crippen molar-refractivity contribution >= 4 is 22.0 Å². The van der Waals surface area contributed by atoms with E-state index in [1.165, 1.54) is 6.07 Å². The first kappa shape index (κ1) is 15.8. The zero-order valence-electron chi connectivity index (χ0n) is 11.3. The maximum Gasteiger partial charge on any atom is 0.422 e. The first-order valence-electron chi connectivity index (χ1n) is 5.76. The molecule has 0 aliphatic carbocycles. The molecule has 7 nitrogen and oxygen atoms in total. The molecule has 20 heavy (non-hydrogen) atoms. The zero-order chi connectivity index (χ0) is 15.3. The van der Waals surface area contributed by atoms with Gasteiger partial charge >= 0.3 is 16.3 Å². The van der Waals surface area contributed by atoms with E-state index in [1.54, 1.807) is 37.6 Å². The third-order valence-corrected chi connectivity index (χ3v) is 3.11. The van der Waals surface area contributed by atoms with E-state index < -0.39 is 22.4 Å². The number of carbonyl (C=O) groups excluding carboxylic acids is 1. The number of hydrogen-bond donors (Lipinski definition) is 2. The van der Waals surface area contributed by atoms with E-state index in [0.717, 1.165) is 0 Å². The number of anilines is 1. The lowest BCUT2D eigenvalue weighted by molar-refractivity contribution is 0.121. The van der Waals surface area contributed by atoms with Crippen LogP contribution in [0.3, 0.4) is 0 Å². The number of ether oxygens (including phenoxy) is 1. The Hall–Kier alpha value is -2.27. The lowest BCUT2D eigenvalue weighted by Gasteiger charge is -2.12. The van der Waals surface area contributed by atoms with Gasteiger partial charge in [-0.3, -0.25) is 4.72 Å². The van der Waals surface area contributed by atoms with Crippen LogP contribution in [-0.4, -0.2) is 20.6 Å². The first-order chi connectivity index (χ1) is 9.25. The van der Waals surface area contributed by atoms with Gasteiger partial charge in [0.05, 0.1) is 17.4 Å². The fourth-order valence-corrected chi connectivity index (χ4v) is 2.20. The summed E-state index contributed by atoms with van der Waals surface area (Å²) >= 11 is 0. The maximum absolute atomic E-state index is 11.7. The molecule has 0 atom stereocenters. The van der Waals surface area contributed by atoms with Gasteiger partial charge in [0.1, 0.15) is 6.07 Å². The van der Waals surface area contributed by atoms with Crippen molar-refractivity contribution in [1.82, 2.24) is 4.72 Å². The molecule has 0 heterocycles. The highest BCUT2D eigenvalue weighted by atomic mass is 32.2. The van der Waals surface area contributed by atoms with E-state index in [9.17, 15) is 13.2 Å². The molecule has 0 saturated carbocycles. The molecule has 0 spiro atoms. The van der Waals surface area contributed by atoms with E-state index in [0.29, 0.717) is 5.56 Å². The molecule has 108 valence electrons. The Morgan fingerprint density at radius 1 is 1.40 bits per heavy atom. The summed E-state index contributed by atoms with van der Waals surface area (Å²) in [5.74, 6) is 0. The molecule has 0 aromatic heterocycles. The highest BCUT2D eigenvalue weighted by Gasteiger charge is 2.18. The van der Waals surface area contributed by atoms with Crippen LogP contribution in [-0.2, 0) is 14.9 Å². The Balaban J connectivity index is 2.90. The Morgan fingerprint density at radius 2 is 2.05 bits per heavy atom. The Labute approximate surface area is 117 Å². The smallest absolute Gasteiger partial charge is 0.422 e. The second-order valence-corrected chi connectivity index (χ2v) is 5.69. The zero-order valence-corrected chi connectivity index (χ0v) is 12.1. The number of hydrogen-bond acceptors (Lipinski definition) is 5. The topological polar surface area (TPSA) is 108 Å². The second-order valence-electron chi connectivity index (χ2n) is 4.27. The fraction of sp³-hybridized carbons (Fsp3) is 0.333. The van der Waals surface area contributed by atoms with Crippen LogP contribution in [0.5, 0.6) is 0 Å². The minimum atomic E-state index is -4.15. The van der Waals surface area contributed by atoms with Gasteiger partial charge in [-0.05, 0) is 32.4 Å². The third-order valence-electron chi connectivity index (χ3n) is 2.19. The maximum atomic E-state index is 11.7. The predicted octanol–water partition coefficient (Wildman–Crippen LogP) is 1.66. The van der Waals surface area contributed by atoms with E-state index in [2.05, 4.69) is 9.46 Å². The molecular formula is C12H15N3O4S. The first-order valence-corrected chi connectivity index (χ1v) is 7.24. The second kappa shape index (κ2) is 6.25. The molecule has 8 heteroatoms. The van der Waals surface area contributed by atoms with Crippen molar-refractivity contribution in [2.45, 2.75) is 26.9 Å². The minimum Gasteiger partial charge on any atom is -0.446 e. The molecule has 0 aliphatic rings. The highest BCUT2D eigenvalue weighted by molar-refractivity contribution is 7.91. The van der Waals surface area contributed by atoms with Crippen molar-refractivity contribution in [3.8, 4) is 6.07 Å². The van der Waals surface area contributed by atoms with Crippen molar-refractivity contribution in [3.63, 3.8) is 0 Å². The summed E-state index contributed by atoms with van der Waals surface area (Å²) < 4.78 is 32.0. The minimum absolute atomic E-state index is 0.0948. The molecule has 0 fully saturated rings. The Bertz CT molecular complexity index is 647. The SMILES string of the molecule is Cc1cccc(NS(=O)(=O)NC(=O)OC(C)C)c1C#N. The summed E-state index contributed by atoms with van der Waals surface area (Å²) in [6, 6.07) is 6.61. The number of amides is 1. The quantitative estimate of drug-likeness (QED) is 0.878. The lowest BCUT2D eigenvalue weighted by atomic mass is 10.1. The summed E-state index contributed by atoms with van der Waals surface area (Å²) in [6.07, 6.45) is -1.53. The van der Waals surface area contributed by atoms with Crippen LogP contribution in [0.1, 0.15) is 25.0 Å². The summed E-state index contributed by atoms with van der Waals surface area (Å²) in [4.78, 5) is 11.3. The van der Waals surface area contributed by atoms with Crippen LogP contribution in [0.15, 0.2) is 18.2 Å². The monoisotopic (exact) mass is 297 g/mol. The fourth-order valence-electron chi connectivity index (χ4n) is 1.42. The van der Waals surface area contributed by atoms with Crippen molar-refractivity contribution in [1.29, 1.82) is 5.26 Å². The van der Waals surface area contributed by atoms with E-state index in [-0.39, 0.29) is 11.3 Å². The van der Waals surface area contributed by atoms with Gasteiger partial charge in [0.15, 0.2) is 0 Å². The van der Waals surface area contributed by atoms with E-state index >= 15 is 0 Å². The van der Waals surface area contributed by atoms with Crippen LogP contribution >= 0.6 is 0 Å². The van der Waals surface area contributed by atoms with Crippen LogP contribution in [0.4, 0.5) is 10.5 Å². The van der Waals surface area contributed by atoms with Gasteiger partial charge in [0.25, 0.3) is 0 Å². The number of aryl methyl sites for hydroxylation is 1. The van der Waals surface area contributed by atoms with Gasteiger partial charge in [-0.2, -0.15) is 13.7 Å². The number of carbonyl (C=O) groups is 1. The molecule has 0 bridgehead atoms. The summed E-state index contributed by atoms with van der Waals surface area (Å²) in [7, 11) is -4.15. The molecule has 2 N–H and O–H groups in total. The summed E-state index contributed by atoms with van der Waals surface area (Å²) in [5, 5.41) is 9.00. The molecule has 0 saturated heterocycles. The molecular weight excluding hydrogens is 282 g/mol. The Kier molecular flexibility index (Phi) is 4.94. The molecule has 0 aliphatic heterocycles. The highest BCUT2D eigenvalue weighted by Crippen LogP contribution is 2.19. The molecule has 1 rings (SSSR count). The lowest BCUT2D eigenvalue weighted by Crippen LogP contribution is -2.37. The number of benzene rings is 1. The van der Waals surface area contributed by atoms with E-state index in [1.807, 2.05) is 6.07 Å². The van der Waals surface area contributed by atoms with Crippen molar-refractivity contribution < 1.29 is 17.9 Å². The molecule has 1 amide bonds. The van der Waals surface area contributed by atoms with Crippen LogP contribution in [0.2, 0.25) is 0 Å². The van der Waals surface area contributed by atoms with Gasteiger partial charge in [-0.1, -0.05) is 12.1 Å². The molecule has 0 radical (unpaired) electrons. The Morgan fingerprint density at radius 3 is 2.60 bits per heavy atom. The summed E-state index contributed by atoms with van der Waals surface area (Å²) in [5.41, 5.74) is 0.907. The largest absolute Gasteiger partial charge is 0.446 e. The number of rotatable bonds is 4. The van der Waals surface area contributed by atoms with Gasteiger partial charge in [0.2, 0.25) is 0 Å². The number of nitriles is 1. The number of nitrogens with zero attached hydrogens (tertiary/aromatic N) is 1. The standard InChI is InChI=1S/C12H15N3O4S/c1-8(2)19-12(16)15-20(17,18)14-11-6-4-5-9(3)10(11)7-13/h4-6,8,14H,1-3H3,(H,15,16). The normalized spacial score (nSPS) is 10.8. The molecule has 1 aromatic rings. The summed E-state index contributed by atoms with van der Waals surface area (Å²) in [6.45, 7) is 4.86. The predicted molar refractivity (Wildman–Crippen MR) is 73.2 cm³/mol. The molecule has 1 aromatic carbocycles. The van der Waals surface area contributed by atoms with Crippen LogP contribution < -0.4 is 9.44 Å². The van der Waals surface area contributed by atoms with Gasteiger partial charge in [-0.15, -0.1) is 0 Å². The van der Waals surface area contributed by atoms with Crippen LogP contribution in [0, 0.1) is 18.3 Å². The van der Waals surface area contributed by atoms with E-state index in [4.69, 9.17) is 5.26 Å². The molecule has 0 unspecified atom stereocenters. The van der Waals surface area contributed by atoms with Crippen LogP contribution in [0.25, 0.3) is 0 Å². The van der Waals surface area contributed by atoms with Gasteiger partial charge in [-0.25, -0.2) is 9.52 Å². The third kappa shape index (κ3) is 4.44. The van der Waals surface area contributed by atoms with Gasteiger partial charge in [0, 0.05) is 0 Å². The number of nitrogens with one attached hydrogen (secondary N) is 2. The van der Waals surface area contributed by atoms with Crippen molar-refractivity contribution in [2.75, 3.05) is 4.72 Å². The van der Waals surface area contributed by atoms with Crippen molar-refractivity contribution in [3.05, 3.63) is 29.3 Å². The van der Waals surface area contributed by atoms with Crippen molar-refractivity contribution in [2.24, 2.45) is 0 Å². The van der Waals surface area contributed by atoms with Gasteiger partial charge < -0.3 is 4.74 Å².